The van der Waals surface area contributed by atoms with Gasteiger partial charge >= 0.3 is 0 Å². The molecule has 0 aliphatic carbocycles. The van der Waals surface area contributed by atoms with Crippen molar-refractivity contribution in [2.75, 3.05) is 29.9 Å². The Morgan fingerprint density at radius 3 is 2.09 bits per heavy atom. The maximum Gasteiger partial charge on any atom is 0.262 e. The summed E-state index contributed by atoms with van der Waals surface area (Å²) in [5.74, 6) is -0.446. The lowest BCUT2D eigenvalue weighted by Crippen LogP contribution is -2.37. The predicted molar refractivity (Wildman–Crippen MR) is 124 cm³/mol. The summed E-state index contributed by atoms with van der Waals surface area (Å²) in [6.45, 7) is 1.70. The number of amides is 3. The van der Waals surface area contributed by atoms with Crippen LogP contribution in [0.4, 0.5) is 11.5 Å². The Morgan fingerprint density at radius 1 is 0.818 bits per heavy atom. The molecule has 1 N–H and O–H groups in total. The molecule has 33 heavy (non-hydrogen) atoms. The molecule has 2 aliphatic rings. The lowest BCUT2D eigenvalue weighted by Gasteiger charge is -2.27. The Bertz CT molecular complexity index is 1170. The number of fused-ring (bicyclic) bond motifs is 1. The number of nitrogens with one attached hydrogen (secondary N) is 1. The van der Waals surface area contributed by atoms with Crippen LogP contribution in [0, 0.1) is 0 Å². The van der Waals surface area contributed by atoms with Crippen molar-refractivity contribution in [3.8, 4) is 11.3 Å². The summed E-state index contributed by atoms with van der Waals surface area (Å²) in [4.78, 5) is 40.6. The van der Waals surface area contributed by atoms with Gasteiger partial charge in [-0.1, -0.05) is 24.3 Å². The highest BCUT2D eigenvalue weighted by Crippen LogP contribution is 2.24. The number of carbonyl (C=O) groups excluding carboxylic acids is 3. The van der Waals surface area contributed by atoms with E-state index in [-0.39, 0.29) is 6.54 Å². The predicted octanol–water partition coefficient (Wildman–Crippen LogP) is 3.37. The molecule has 2 aromatic carbocycles. The topological polar surface area (TPSA) is 95.5 Å². The molecule has 0 spiro atoms. The van der Waals surface area contributed by atoms with E-state index in [1.807, 2.05) is 24.3 Å². The van der Waals surface area contributed by atoms with E-state index in [2.05, 4.69) is 20.4 Å². The number of anilines is 2. The van der Waals surface area contributed by atoms with Gasteiger partial charge in [0.15, 0.2) is 5.82 Å². The molecule has 1 aromatic heterocycles. The third kappa shape index (κ3) is 4.19. The van der Waals surface area contributed by atoms with Crippen LogP contribution in [0.15, 0.2) is 60.7 Å². The van der Waals surface area contributed by atoms with E-state index >= 15 is 0 Å². The second-order valence-corrected chi connectivity index (χ2v) is 8.19. The SMILES string of the molecule is O=C(CN1C(=O)c2ccccc2C1=O)Nc1ccc(-c2ccc(N3CCCCC3)nn2)cc1. The summed E-state index contributed by atoms with van der Waals surface area (Å²) >= 11 is 0. The molecule has 1 saturated heterocycles. The first-order valence-electron chi connectivity index (χ1n) is 11.0. The molecule has 8 heteroatoms. The first kappa shape index (κ1) is 20.8. The van der Waals surface area contributed by atoms with Gasteiger partial charge in [0, 0.05) is 24.3 Å². The van der Waals surface area contributed by atoms with E-state index in [1.54, 1.807) is 36.4 Å². The largest absolute Gasteiger partial charge is 0.355 e. The van der Waals surface area contributed by atoms with Crippen LogP contribution < -0.4 is 10.2 Å². The summed E-state index contributed by atoms with van der Waals surface area (Å²) in [6.07, 6.45) is 3.64. The molecule has 0 atom stereocenters. The fourth-order valence-corrected chi connectivity index (χ4v) is 4.22. The highest BCUT2D eigenvalue weighted by atomic mass is 16.2. The average Bonchev–Trinajstić information content (AvgIpc) is 3.10. The fourth-order valence-electron chi connectivity index (χ4n) is 4.22. The fraction of sp³-hybridized carbons (Fsp3) is 0.240. The van der Waals surface area contributed by atoms with Gasteiger partial charge in [-0.3, -0.25) is 19.3 Å². The number of rotatable bonds is 5. The van der Waals surface area contributed by atoms with Gasteiger partial charge in [-0.2, -0.15) is 0 Å². The highest BCUT2D eigenvalue weighted by molar-refractivity contribution is 6.22. The Hall–Kier alpha value is -4.07. The average molecular weight is 441 g/mol. The van der Waals surface area contributed by atoms with Gasteiger partial charge in [0.1, 0.15) is 6.54 Å². The van der Waals surface area contributed by atoms with Crippen LogP contribution in [0.2, 0.25) is 0 Å². The van der Waals surface area contributed by atoms with Gasteiger partial charge in [-0.05, 0) is 55.7 Å². The molecule has 2 aliphatic heterocycles. The third-order valence-corrected chi connectivity index (χ3v) is 5.97. The molecule has 3 aromatic rings. The van der Waals surface area contributed by atoms with Crippen molar-refractivity contribution in [3.63, 3.8) is 0 Å². The van der Waals surface area contributed by atoms with E-state index < -0.39 is 17.7 Å². The number of imide groups is 1. The molecule has 3 amide bonds. The van der Waals surface area contributed by atoms with Crippen LogP contribution in [0.3, 0.4) is 0 Å². The van der Waals surface area contributed by atoms with E-state index in [0.29, 0.717) is 16.8 Å². The third-order valence-electron chi connectivity index (χ3n) is 5.97. The van der Waals surface area contributed by atoms with Gasteiger partial charge in [0.2, 0.25) is 5.91 Å². The minimum atomic E-state index is -0.451. The number of piperidine rings is 1. The maximum absolute atomic E-state index is 12.5. The minimum Gasteiger partial charge on any atom is -0.355 e. The van der Waals surface area contributed by atoms with Crippen LogP contribution in [0.25, 0.3) is 11.3 Å². The Balaban J connectivity index is 1.21. The van der Waals surface area contributed by atoms with Gasteiger partial charge in [0.25, 0.3) is 11.8 Å². The van der Waals surface area contributed by atoms with E-state index in [0.717, 1.165) is 35.1 Å². The van der Waals surface area contributed by atoms with Crippen LogP contribution in [-0.4, -0.2) is 52.5 Å². The number of benzene rings is 2. The Morgan fingerprint density at radius 2 is 1.48 bits per heavy atom. The maximum atomic E-state index is 12.5. The summed E-state index contributed by atoms with van der Waals surface area (Å²) in [6, 6.07) is 17.7. The Kier molecular flexibility index (Phi) is 5.56. The van der Waals surface area contributed by atoms with Crippen LogP contribution in [-0.2, 0) is 4.79 Å². The first-order valence-corrected chi connectivity index (χ1v) is 11.0. The molecule has 0 saturated carbocycles. The van der Waals surface area contributed by atoms with Crippen molar-refractivity contribution in [1.82, 2.24) is 15.1 Å². The highest BCUT2D eigenvalue weighted by Gasteiger charge is 2.36. The molecule has 8 nitrogen and oxygen atoms in total. The zero-order valence-electron chi connectivity index (χ0n) is 18.0. The van der Waals surface area contributed by atoms with Crippen molar-refractivity contribution in [2.24, 2.45) is 0 Å². The van der Waals surface area contributed by atoms with Crippen molar-refractivity contribution in [3.05, 3.63) is 71.8 Å². The Labute approximate surface area is 191 Å². The quantitative estimate of drug-likeness (QED) is 0.610. The van der Waals surface area contributed by atoms with Crippen LogP contribution in [0.1, 0.15) is 40.0 Å². The van der Waals surface area contributed by atoms with Crippen molar-refractivity contribution >= 4 is 29.2 Å². The second kappa shape index (κ2) is 8.82. The first-order chi connectivity index (χ1) is 16.1. The molecule has 3 heterocycles. The molecule has 0 bridgehead atoms. The summed E-state index contributed by atoms with van der Waals surface area (Å²) in [7, 11) is 0. The summed E-state index contributed by atoms with van der Waals surface area (Å²) in [5.41, 5.74) is 2.85. The van der Waals surface area contributed by atoms with Crippen LogP contribution >= 0.6 is 0 Å². The van der Waals surface area contributed by atoms with Gasteiger partial charge in [0.05, 0.1) is 16.8 Å². The van der Waals surface area contributed by atoms with E-state index in [9.17, 15) is 14.4 Å². The van der Waals surface area contributed by atoms with Crippen molar-refractivity contribution in [2.45, 2.75) is 19.3 Å². The number of hydrogen-bond donors (Lipinski definition) is 1. The van der Waals surface area contributed by atoms with Gasteiger partial charge < -0.3 is 10.2 Å². The lowest BCUT2D eigenvalue weighted by molar-refractivity contribution is -0.116. The molecular weight excluding hydrogens is 418 g/mol. The smallest absolute Gasteiger partial charge is 0.262 e. The number of nitrogens with zero attached hydrogens (tertiary/aromatic N) is 4. The second-order valence-electron chi connectivity index (χ2n) is 8.19. The number of carbonyl (C=O) groups is 3. The van der Waals surface area contributed by atoms with Crippen molar-refractivity contribution in [1.29, 1.82) is 0 Å². The zero-order chi connectivity index (χ0) is 22.8. The standard InChI is InChI=1S/C25H23N5O3/c31-23(16-30-24(32)19-6-2-3-7-20(19)25(30)33)26-18-10-8-17(9-11-18)21-12-13-22(28-27-21)29-14-4-1-5-15-29/h2-3,6-13H,1,4-5,14-16H2,(H,26,31). The molecule has 5 rings (SSSR count). The summed E-state index contributed by atoms with van der Waals surface area (Å²) < 4.78 is 0. The minimum absolute atomic E-state index is 0.326. The molecular formula is C25H23N5O3. The van der Waals surface area contributed by atoms with E-state index in [4.69, 9.17) is 0 Å². The molecule has 0 radical (unpaired) electrons. The molecule has 0 unspecified atom stereocenters. The van der Waals surface area contributed by atoms with Crippen molar-refractivity contribution < 1.29 is 14.4 Å². The molecule has 166 valence electrons. The molecule has 1 fully saturated rings. The number of aromatic nitrogens is 2. The zero-order valence-corrected chi connectivity index (χ0v) is 18.0. The normalized spacial score (nSPS) is 15.5. The van der Waals surface area contributed by atoms with Gasteiger partial charge in [-0.15, -0.1) is 10.2 Å². The monoisotopic (exact) mass is 441 g/mol. The summed E-state index contributed by atoms with van der Waals surface area (Å²) in [5, 5.41) is 11.5. The van der Waals surface area contributed by atoms with Gasteiger partial charge in [-0.25, -0.2) is 0 Å². The van der Waals surface area contributed by atoms with Crippen LogP contribution in [0.5, 0.6) is 0 Å². The number of hydrogen-bond acceptors (Lipinski definition) is 6. The van der Waals surface area contributed by atoms with E-state index in [1.165, 1.54) is 19.3 Å². The lowest BCUT2D eigenvalue weighted by atomic mass is 10.1.